The molecule has 6 heterocycles. The molecule has 0 radical (unpaired) electrons. The van der Waals surface area contributed by atoms with Gasteiger partial charge < -0.3 is 25.5 Å². The number of thiazole rings is 2. The molecule has 5 aromatic heterocycles. The molecular weight excluding hydrogens is 809 g/mol. The summed E-state index contributed by atoms with van der Waals surface area (Å²) in [6.45, 7) is 12.6. The SMILES string of the molecule is CC(C)c1csc(C(=O)Nc2nc3cc(C(N)=O)cnc3n2C/C=C/Cn2c(NC(=O)c3nc(C(C)C)cs3)nc3cc(C(N)=O)cc(OCCCN4CCOCC4)c32)n1. The van der Waals surface area contributed by atoms with Crippen LogP contribution in [0, 0.1) is 0 Å². The molecule has 18 nitrogen and oxygen atoms in total. The van der Waals surface area contributed by atoms with Gasteiger partial charge in [-0.1, -0.05) is 39.8 Å². The lowest BCUT2D eigenvalue weighted by molar-refractivity contribution is 0.0358. The average Bonchev–Trinajstić information content (AvgIpc) is 4.04. The van der Waals surface area contributed by atoms with E-state index in [0.29, 0.717) is 47.8 Å². The maximum atomic E-state index is 13.6. The van der Waals surface area contributed by atoms with E-state index in [9.17, 15) is 19.2 Å². The van der Waals surface area contributed by atoms with E-state index in [4.69, 9.17) is 25.9 Å². The normalized spacial score (nSPS) is 13.6. The molecular formula is C40H46N12O6S2. The zero-order valence-electron chi connectivity index (χ0n) is 33.6. The molecule has 1 aromatic carbocycles. The first-order valence-corrected chi connectivity index (χ1v) is 21.2. The standard InChI is InChI=1S/C40H46N12O6S2/c1-22(2)28-20-59-37(44-28)35(55)48-39-46-26-16-24(32(41)53)18-30(58-13-7-8-50-11-14-57-15-12-50)31(26)51(39)9-5-6-10-52-34-27(17-25(19-43-34)33(42)54)47-40(52)49-36(56)38-45-29(21-60-38)23(3)4/h5-6,16-23H,7-15H2,1-4H3,(H2,41,53)(H2,42,54)(H,46,48,55)(H,47,49,56)/b6-5+. The van der Waals surface area contributed by atoms with Crippen LogP contribution in [0.3, 0.4) is 0 Å². The van der Waals surface area contributed by atoms with Crippen molar-refractivity contribution in [3.63, 3.8) is 0 Å². The number of hydrogen-bond donors (Lipinski definition) is 4. The largest absolute Gasteiger partial charge is 0.491 e. The average molecular weight is 855 g/mol. The molecule has 314 valence electrons. The third-order valence-corrected chi connectivity index (χ3v) is 11.5. The van der Waals surface area contributed by atoms with Crippen LogP contribution in [0.15, 0.2) is 47.3 Å². The van der Waals surface area contributed by atoms with Gasteiger partial charge in [-0.25, -0.2) is 24.9 Å². The number of pyridine rings is 1. The molecule has 20 heteroatoms. The number of amides is 4. The number of morpholine rings is 1. The molecule has 0 unspecified atom stereocenters. The topological polar surface area (TPSA) is 240 Å². The quantitative estimate of drug-likeness (QED) is 0.0700. The summed E-state index contributed by atoms with van der Waals surface area (Å²) in [6.07, 6.45) is 5.77. The van der Waals surface area contributed by atoms with Crippen molar-refractivity contribution >= 4 is 80.4 Å². The fourth-order valence-electron chi connectivity index (χ4n) is 6.45. The Morgan fingerprint density at radius 1 is 0.800 bits per heavy atom. The van der Waals surface area contributed by atoms with Gasteiger partial charge in [-0.3, -0.25) is 39.3 Å². The van der Waals surface area contributed by atoms with Crippen LogP contribution in [0.25, 0.3) is 22.2 Å². The fraction of sp³-hybridized carbons (Fsp3) is 0.375. The first kappa shape index (κ1) is 42.0. The third-order valence-electron chi connectivity index (χ3n) is 9.75. The number of imidazole rings is 2. The monoisotopic (exact) mass is 854 g/mol. The number of nitrogens with one attached hydrogen (secondary N) is 2. The Hall–Kier alpha value is -6.09. The summed E-state index contributed by atoms with van der Waals surface area (Å²) in [5, 5.41) is 10.0. The predicted octanol–water partition coefficient (Wildman–Crippen LogP) is 5.00. The highest BCUT2D eigenvalue weighted by atomic mass is 32.1. The lowest BCUT2D eigenvalue weighted by Crippen LogP contribution is -2.37. The van der Waals surface area contributed by atoms with E-state index in [0.717, 1.165) is 37.4 Å². The number of carbonyl (C=O) groups excluding carboxylic acids is 4. The minimum absolute atomic E-state index is 0.139. The van der Waals surface area contributed by atoms with Crippen LogP contribution in [-0.4, -0.2) is 102 Å². The Morgan fingerprint density at radius 3 is 1.95 bits per heavy atom. The molecule has 1 saturated heterocycles. The fourth-order valence-corrected chi connectivity index (χ4v) is 8.19. The number of nitrogens with two attached hydrogens (primary N) is 2. The van der Waals surface area contributed by atoms with Gasteiger partial charge in [0.15, 0.2) is 15.7 Å². The molecule has 0 saturated carbocycles. The van der Waals surface area contributed by atoms with Gasteiger partial charge in [0.25, 0.3) is 11.8 Å². The van der Waals surface area contributed by atoms with Crippen molar-refractivity contribution in [1.82, 2.24) is 39.0 Å². The van der Waals surface area contributed by atoms with Crippen LogP contribution in [0.4, 0.5) is 11.9 Å². The van der Waals surface area contributed by atoms with Crippen molar-refractivity contribution in [3.05, 3.63) is 79.8 Å². The number of carbonyl (C=O) groups is 4. The molecule has 1 fully saturated rings. The Labute approximate surface area is 353 Å². The second-order valence-electron chi connectivity index (χ2n) is 14.7. The lowest BCUT2D eigenvalue weighted by Gasteiger charge is -2.26. The highest BCUT2D eigenvalue weighted by Crippen LogP contribution is 2.32. The molecule has 0 bridgehead atoms. The minimum Gasteiger partial charge on any atom is -0.491 e. The van der Waals surface area contributed by atoms with Crippen LogP contribution in [-0.2, 0) is 17.8 Å². The second kappa shape index (κ2) is 18.4. The van der Waals surface area contributed by atoms with Crippen LogP contribution in [0.1, 0.15) is 97.7 Å². The maximum absolute atomic E-state index is 13.6. The molecule has 0 aliphatic carbocycles. The van der Waals surface area contributed by atoms with Gasteiger partial charge in [-0.05, 0) is 36.5 Å². The number of primary amides is 2. The molecule has 60 heavy (non-hydrogen) atoms. The van der Waals surface area contributed by atoms with Crippen LogP contribution < -0.4 is 26.8 Å². The van der Waals surface area contributed by atoms with Gasteiger partial charge in [-0.15, -0.1) is 22.7 Å². The van der Waals surface area contributed by atoms with Crippen molar-refractivity contribution in [1.29, 1.82) is 0 Å². The smallest absolute Gasteiger partial charge is 0.286 e. The van der Waals surface area contributed by atoms with E-state index in [1.165, 1.54) is 34.9 Å². The second-order valence-corrected chi connectivity index (χ2v) is 16.4. The van der Waals surface area contributed by atoms with Gasteiger partial charge in [0.2, 0.25) is 23.7 Å². The Bertz CT molecular complexity index is 2580. The zero-order valence-corrected chi connectivity index (χ0v) is 35.3. The molecule has 7 rings (SSSR count). The van der Waals surface area contributed by atoms with Crippen LogP contribution in [0.5, 0.6) is 5.75 Å². The summed E-state index contributed by atoms with van der Waals surface area (Å²) >= 11 is 2.47. The zero-order chi connectivity index (χ0) is 42.5. The van der Waals surface area contributed by atoms with E-state index >= 15 is 0 Å². The summed E-state index contributed by atoms with van der Waals surface area (Å²) in [5.74, 6) is -1.15. The van der Waals surface area contributed by atoms with Crippen LogP contribution >= 0.6 is 22.7 Å². The third kappa shape index (κ3) is 9.52. The number of ether oxygens (including phenoxy) is 2. The van der Waals surface area contributed by atoms with Crippen molar-refractivity contribution < 1.29 is 28.7 Å². The molecule has 6 N–H and O–H groups in total. The Balaban J connectivity index is 1.20. The van der Waals surface area contributed by atoms with E-state index in [2.05, 4.69) is 35.5 Å². The molecule has 1 aliphatic heterocycles. The number of fused-ring (bicyclic) bond motifs is 2. The first-order valence-electron chi connectivity index (χ1n) is 19.5. The summed E-state index contributed by atoms with van der Waals surface area (Å²) < 4.78 is 15.3. The number of nitrogens with zero attached hydrogens (tertiary/aromatic N) is 8. The molecule has 6 aromatic rings. The summed E-state index contributed by atoms with van der Waals surface area (Å²) in [4.78, 5) is 76.5. The highest BCUT2D eigenvalue weighted by Gasteiger charge is 2.23. The van der Waals surface area contributed by atoms with Gasteiger partial charge in [0, 0.05) is 55.2 Å². The lowest BCUT2D eigenvalue weighted by atomic mass is 10.1. The van der Waals surface area contributed by atoms with Crippen molar-refractivity contribution in [2.45, 2.75) is 59.0 Å². The minimum atomic E-state index is -0.664. The Kier molecular flexibility index (Phi) is 12.9. The molecule has 0 spiro atoms. The van der Waals surface area contributed by atoms with E-state index in [-0.39, 0.29) is 58.0 Å². The van der Waals surface area contributed by atoms with Crippen LogP contribution in [0.2, 0.25) is 0 Å². The number of aromatic nitrogens is 7. The number of anilines is 2. The van der Waals surface area contributed by atoms with E-state index in [1.54, 1.807) is 21.3 Å². The van der Waals surface area contributed by atoms with Gasteiger partial charge in [-0.2, -0.15) is 0 Å². The van der Waals surface area contributed by atoms with Gasteiger partial charge >= 0.3 is 0 Å². The highest BCUT2D eigenvalue weighted by molar-refractivity contribution is 7.12. The molecule has 4 amide bonds. The summed E-state index contributed by atoms with van der Waals surface area (Å²) in [5.41, 5.74) is 14.9. The number of allylic oxidation sites excluding steroid dienone is 2. The molecule has 1 aliphatic rings. The van der Waals surface area contributed by atoms with E-state index in [1.807, 2.05) is 50.6 Å². The number of rotatable bonds is 17. The Morgan fingerprint density at radius 2 is 1.37 bits per heavy atom. The summed E-state index contributed by atoms with van der Waals surface area (Å²) in [7, 11) is 0. The van der Waals surface area contributed by atoms with Gasteiger partial charge in [0.05, 0.1) is 42.3 Å². The number of benzene rings is 1. The van der Waals surface area contributed by atoms with Crippen molar-refractivity contribution in [2.24, 2.45) is 11.5 Å². The number of hydrogen-bond acceptors (Lipinski definition) is 14. The maximum Gasteiger partial charge on any atom is 0.286 e. The summed E-state index contributed by atoms with van der Waals surface area (Å²) in [6, 6.07) is 4.68. The van der Waals surface area contributed by atoms with Crippen molar-refractivity contribution in [2.75, 3.05) is 50.1 Å². The van der Waals surface area contributed by atoms with Crippen molar-refractivity contribution in [3.8, 4) is 5.75 Å². The first-order chi connectivity index (χ1) is 28.9. The van der Waals surface area contributed by atoms with E-state index < -0.39 is 23.6 Å². The molecule has 0 atom stereocenters. The van der Waals surface area contributed by atoms with Gasteiger partial charge in [0.1, 0.15) is 16.8 Å². The predicted molar refractivity (Wildman–Crippen MR) is 229 cm³/mol.